The van der Waals surface area contributed by atoms with Crippen molar-refractivity contribution in [2.45, 2.75) is 45.3 Å². The Labute approximate surface area is 125 Å². The highest BCUT2D eigenvalue weighted by Crippen LogP contribution is 2.35. The topological polar surface area (TPSA) is 54.6 Å². The Hall–Kier alpha value is -1.33. The van der Waals surface area contributed by atoms with Gasteiger partial charge in [-0.05, 0) is 44.7 Å². The molecule has 2 aliphatic heterocycles. The highest BCUT2D eigenvalue weighted by Gasteiger charge is 2.41. The van der Waals surface area contributed by atoms with E-state index in [1.165, 1.54) is 12.8 Å². The van der Waals surface area contributed by atoms with Crippen LogP contribution < -0.4 is 0 Å². The zero-order valence-electron chi connectivity index (χ0n) is 12.9. The third-order valence-corrected chi connectivity index (χ3v) is 4.52. The largest absolute Gasteiger partial charge is 0.461 e. The van der Waals surface area contributed by atoms with Gasteiger partial charge in [0.1, 0.15) is 5.69 Å². The summed E-state index contributed by atoms with van der Waals surface area (Å²) in [6, 6.07) is 2.05. The molecule has 116 valence electrons. The van der Waals surface area contributed by atoms with E-state index in [0.29, 0.717) is 12.3 Å². The number of hydrogen-bond donors (Lipinski definition) is 1. The minimum atomic E-state index is -0.265. The van der Waals surface area contributed by atoms with Crippen LogP contribution in [0.2, 0.25) is 0 Å². The number of nitrogens with zero attached hydrogens (tertiary/aromatic N) is 1. The minimum absolute atomic E-state index is 0.103. The molecule has 0 saturated carbocycles. The predicted molar refractivity (Wildman–Crippen MR) is 79.3 cm³/mol. The van der Waals surface area contributed by atoms with Crippen molar-refractivity contribution in [3.05, 3.63) is 23.0 Å². The lowest BCUT2D eigenvalue weighted by Crippen LogP contribution is -2.32. The second-order valence-electron chi connectivity index (χ2n) is 6.17. The Morgan fingerprint density at radius 3 is 3.10 bits per heavy atom. The first kappa shape index (κ1) is 14.6. The maximum absolute atomic E-state index is 11.8. The van der Waals surface area contributed by atoms with E-state index in [1.807, 2.05) is 19.9 Å². The number of hydrogen-bond acceptors (Lipinski definition) is 4. The van der Waals surface area contributed by atoms with Gasteiger partial charge in [0.05, 0.1) is 12.2 Å². The Kier molecular flexibility index (Phi) is 4.04. The number of aryl methyl sites for hydroxylation is 1. The van der Waals surface area contributed by atoms with E-state index in [0.717, 1.165) is 43.9 Å². The van der Waals surface area contributed by atoms with E-state index in [2.05, 4.69) is 9.88 Å². The van der Waals surface area contributed by atoms with Gasteiger partial charge in [-0.2, -0.15) is 0 Å². The molecule has 1 N–H and O–H groups in total. The molecule has 1 atom stereocenters. The zero-order valence-corrected chi connectivity index (χ0v) is 12.9. The summed E-state index contributed by atoms with van der Waals surface area (Å²) in [6.07, 6.45) is 3.49. The summed E-state index contributed by atoms with van der Waals surface area (Å²) in [6.45, 7) is 7.97. The van der Waals surface area contributed by atoms with Crippen LogP contribution in [0.3, 0.4) is 0 Å². The summed E-state index contributed by atoms with van der Waals surface area (Å²) in [7, 11) is 0. The molecule has 1 aromatic rings. The van der Waals surface area contributed by atoms with Crippen LogP contribution >= 0.6 is 0 Å². The standard InChI is InChI=1S/C16H24N2O3/c1-3-20-15(19)14-12(2)9-13(17-14)10-18-7-6-16(11-18)5-4-8-21-16/h9,17H,3-8,10-11H2,1-2H3. The van der Waals surface area contributed by atoms with Gasteiger partial charge in [-0.25, -0.2) is 4.79 Å². The fourth-order valence-electron chi connectivity index (χ4n) is 3.51. The minimum Gasteiger partial charge on any atom is -0.461 e. The molecule has 2 aliphatic rings. The molecule has 2 saturated heterocycles. The van der Waals surface area contributed by atoms with E-state index in [1.54, 1.807) is 0 Å². The fourth-order valence-corrected chi connectivity index (χ4v) is 3.51. The molecular formula is C16H24N2O3. The molecule has 1 aromatic heterocycles. The lowest BCUT2D eigenvalue weighted by molar-refractivity contribution is 0.0121. The maximum Gasteiger partial charge on any atom is 0.355 e. The second kappa shape index (κ2) is 5.81. The average molecular weight is 292 g/mol. The molecule has 0 aromatic carbocycles. The van der Waals surface area contributed by atoms with Crippen molar-refractivity contribution in [1.82, 2.24) is 9.88 Å². The summed E-state index contributed by atoms with van der Waals surface area (Å²) in [5, 5.41) is 0. The summed E-state index contributed by atoms with van der Waals surface area (Å²) >= 11 is 0. The van der Waals surface area contributed by atoms with E-state index < -0.39 is 0 Å². The van der Waals surface area contributed by atoms with Crippen LogP contribution in [0, 0.1) is 6.92 Å². The summed E-state index contributed by atoms with van der Waals surface area (Å²) in [5.41, 5.74) is 2.71. The monoisotopic (exact) mass is 292 g/mol. The third-order valence-electron chi connectivity index (χ3n) is 4.52. The van der Waals surface area contributed by atoms with E-state index >= 15 is 0 Å². The fraction of sp³-hybridized carbons (Fsp3) is 0.688. The number of nitrogens with one attached hydrogen (secondary N) is 1. The van der Waals surface area contributed by atoms with Crippen LogP contribution in [0.1, 0.15) is 47.9 Å². The number of ether oxygens (including phenoxy) is 2. The quantitative estimate of drug-likeness (QED) is 0.865. The van der Waals surface area contributed by atoms with Gasteiger partial charge >= 0.3 is 5.97 Å². The number of aromatic amines is 1. The number of esters is 1. The molecule has 3 heterocycles. The van der Waals surface area contributed by atoms with Crippen molar-refractivity contribution in [2.75, 3.05) is 26.3 Å². The van der Waals surface area contributed by atoms with Crippen LogP contribution in [-0.2, 0) is 16.0 Å². The number of H-pyrrole nitrogens is 1. The molecule has 5 heteroatoms. The van der Waals surface area contributed by atoms with Gasteiger partial charge in [0.25, 0.3) is 0 Å². The van der Waals surface area contributed by atoms with Gasteiger partial charge in [-0.3, -0.25) is 4.90 Å². The molecule has 0 aliphatic carbocycles. The normalized spacial score (nSPS) is 25.8. The number of aromatic nitrogens is 1. The number of carbonyl (C=O) groups is 1. The van der Waals surface area contributed by atoms with Crippen molar-refractivity contribution in [3.63, 3.8) is 0 Å². The molecule has 1 unspecified atom stereocenters. The molecule has 1 spiro atoms. The van der Waals surface area contributed by atoms with E-state index in [4.69, 9.17) is 9.47 Å². The van der Waals surface area contributed by atoms with Crippen LogP contribution in [-0.4, -0.2) is 47.8 Å². The van der Waals surface area contributed by atoms with Crippen LogP contribution in [0.5, 0.6) is 0 Å². The lowest BCUT2D eigenvalue weighted by atomic mass is 10.00. The van der Waals surface area contributed by atoms with Crippen molar-refractivity contribution in [1.29, 1.82) is 0 Å². The Morgan fingerprint density at radius 1 is 1.52 bits per heavy atom. The maximum atomic E-state index is 11.8. The molecule has 2 fully saturated rings. The van der Waals surface area contributed by atoms with Gasteiger partial charge in [0, 0.05) is 31.9 Å². The van der Waals surface area contributed by atoms with E-state index in [9.17, 15) is 4.79 Å². The molecule has 0 bridgehead atoms. The van der Waals surface area contributed by atoms with Crippen molar-refractivity contribution in [3.8, 4) is 0 Å². The van der Waals surface area contributed by atoms with Crippen LogP contribution in [0.25, 0.3) is 0 Å². The third kappa shape index (κ3) is 2.99. The summed E-state index contributed by atoms with van der Waals surface area (Å²) in [5.74, 6) is -0.265. The van der Waals surface area contributed by atoms with Gasteiger partial charge in [-0.15, -0.1) is 0 Å². The molecule has 21 heavy (non-hydrogen) atoms. The second-order valence-corrected chi connectivity index (χ2v) is 6.17. The highest BCUT2D eigenvalue weighted by atomic mass is 16.5. The average Bonchev–Trinajstić information content (AvgIpc) is 3.14. The van der Waals surface area contributed by atoms with Crippen molar-refractivity contribution >= 4 is 5.97 Å². The van der Waals surface area contributed by atoms with Crippen molar-refractivity contribution < 1.29 is 14.3 Å². The molecular weight excluding hydrogens is 268 g/mol. The van der Waals surface area contributed by atoms with Crippen molar-refractivity contribution in [2.24, 2.45) is 0 Å². The van der Waals surface area contributed by atoms with Gasteiger partial charge in [-0.1, -0.05) is 0 Å². The van der Waals surface area contributed by atoms with Gasteiger partial charge in [0.2, 0.25) is 0 Å². The first-order chi connectivity index (χ1) is 10.1. The number of rotatable bonds is 4. The Morgan fingerprint density at radius 2 is 2.38 bits per heavy atom. The smallest absolute Gasteiger partial charge is 0.355 e. The first-order valence-electron chi connectivity index (χ1n) is 7.84. The van der Waals surface area contributed by atoms with Gasteiger partial charge < -0.3 is 14.5 Å². The first-order valence-corrected chi connectivity index (χ1v) is 7.84. The summed E-state index contributed by atoms with van der Waals surface area (Å²) < 4.78 is 11.0. The van der Waals surface area contributed by atoms with Gasteiger partial charge in [0.15, 0.2) is 0 Å². The van der Waals surface area contributed by atoms with E-state index in [-0.39, 0.29) is 11.6 Å². The number of carbonyl (C=O) groups excluding carboxylic acids is 1. The number of likely N-dealkylation sites (tertiary alicyclic amines) is 1. The van der Waals surface area contributed by atoms with Crippen LogP contribution in [0.4, 0.5) is 0 Å². The Balaban J connectivity index is 1.63. The Bertz CT molecular complexity index is 518. The summed E-state index contributed by atoms with van der Waals surface area (Å²) in [4.78, 5) is 17.5. The van der Waals surface area contributed by atoms with Crippen LogP contribution in [0.15, 0.2) is 6.07 Å². The molecule has 5 nitrogen and oxygen atoms in total. The molecule has 0 radical (unpaired) electrons. The molecule has 0 amide bonds. The SMILES string of the molecule is CCOC(=O)c1[nH]c(CN2CCC3(CCCO3)C2)cc1C. The highest BCUT2D eigenvalue weighted by molar-refractivity contribution is 5.89. The lowest BCUT2D eigenvalue weighted by Gasteiger charge is -2.22. The predicted octanol–water partition coefficient (Wildman–Crippen LogP) is 2.25. The zero-order chi connectivity index (χ0) is 14.9. The molecule has 3 rings (SSSR count).